The maximum absolute atomic E-state index is 11.2. The van der Waals surface area contributed by atoms with E-state index >= 15 is 0 Å². The Morgan fingerprint density at radius 3 is 0.953 bits per heavy atom. The van der Waals surface area contributed by atoms with E-state index in [2.05, 4.69) is 13.5 Å². The highest BCUT2D eigenvalue weighted by atomic mass is 16.6. The van der Waals surface area contributed by atoms with Gasteiger partial charge in [0.25, 0.3) is 0 Å². The smallest absolute Gasteiger partial charge is 0.333 e. The minimum atomic E-state index is -0.403. The molecule has 0 spiro atoms. The van der Waals surface area contributed by atoms with E-state index in [1.165, 1.54) is 83.5 Å². The van der Waals surface area contributed by atoms with Crippen molar-refractivity contribution in [1.82, 2.24) is 0 Å². The van der Waals surface area contributed by atoms with Crippen molar-refractivity contribution in [3.05, 3.63) is 12.2 Å². The molecule has 0 heterocycles. The second kappa shape index (κ2) is 37.1. The second-order valence-corrected chi connectivity index (χ2v) is 10.8. The van der Waals surface area contributed by atoms with E-state index in [0.29, 0.717) is 91.5 Å². The summed E-state index contributed by atoms with van der Waals surface area (Å²) in [6, 6.07) is 0. The number of hydrogen-bond donors (Lipinski definition) is 0. The van der Waals surface area contributed by atoms with Crippen molar-refractivity contribution in [1.29, 1.82) is 0 Å². The topological polar surface area (TPSA) is 90.9 Å². The second-order valence-electron chi connectivity index (χ2n) is 10.8. The van der Waals surface area contributed by atoms with Crippen LogP contribution in [0.4, 0.5) is 0 Å². The Morgan fingerprint density at radius 2 is 0.651 bits per heavy atom. The molecule has 0 N–H and O–H groups in total. The summed E-state index contributed by atoms with van der Waals surface area (Å²) in [7, 11) is 0. The third-order valence-electron chi connectivity index (χ3n) is 6.68. The van der Waals surface area contributed by atoms with Crippen LogP contribution in [-0.2, 0) is 42.7 Å². The minimum absolute atomic E-state index is 0.211. The van der Waals surface area contributed by atoms with Crippen LogP contribution < -0.4 is 0 Å². The normalized spacial score (nSPS) is 11.3. The summed E-state index contributed by atoms with van der Waals surface area (Å²) in [6.45, 7) is 15.1. The highest BCUT2D eigenvalue weighted by Crippen LogP contribution is 2.13. The number of ether oxygens (including phenoxy) is 8. The van der Waals surface area contributed by atoms with Gasteiger partial charge in [-0.25, -0.2) is 4.79 Å². The molecule has 0 bridgehead atoms. The maximum atomic E-state index is 11.2. The van der Waals surface area contributed by atoms with Crippen LogP contribution in [0.5, 0.6) is 0 Å². The van der Waals surface area contributed by atoms with Crippen molar-refractivity contribution in [3.8, 4) is 0 Å². The van der Waals surface area contributed by atoms with E-state index in [1.54, 1.807) is 6.92 Å². The molecule has 9 nitrogen and oxygen atoms in total. The molecule has 0 fully saturated rings. The first-order chi connectivity index (χ1) is 21.2. The first kappa shape index (κ1) is 41.9. The monoisotopic (exact) mass is 618 g/mol. The van der Waals surface area contributed by atoms with E-state index in [0.717, 1.165) is 13.0 Å². The molecule has 0 unspecified atom stereocenters. The summed E-state index contributed by atoms with van der Waals surface area (Å²) in [5.74, 6) is -0.403. The van der Waals surface area contributed by atoms with Crippen molar-refractivity contribution in [2.75, 3.05) is 99.1 Å². The zero-order valence-electron chi connectivity index (χ0n) is 27.9. The van der Waals surface area contributed by atoms with Gasteiger partial charge >= 0.3 is 5.97 Å². The van der Waals surface area contributed by atoms with Crippen LogP contribution in [-0.4, -0.2) is 105 Å². The predicted octanol–water partition coefficient (Wildman–Crippen LogP) is 6.70. The van der Waals surface area contributed by atoms with Crippen LogP contribution >= 0.6 is 0 Å². The Morgan fingerprint density at radius 1 is 0.395 bits per heavy atom. The molecule has 9 heteroatoms. The lowest BCUT2D eigenvalue weighted by Crippen LogP contribution is -2.15. The van der Waals surface area contributed by atoms with Gasteiger partial charge < -0.3 is 37.9 Å². The molecule has 0 aliphatic rings. The highest BCUT2D eigenvalue weighted by molar-refractivity contribution is 5.86. The summed E-state index contributed by atoms with van der Waals surface area (Å²) in [5.41, 5.74) is 0.379. The molecule has 0 aliphatic heterocycles. The van der Waals surface area contributed by atoms with Gasteiger partial charge in [-0.2, -0.15) is 0 Å². The van der Waals surface area contributed by atoms with Gasteiger partial charge in [0.15, 0.2) is 0 Å². The molecule has 43 heavy (non-hydrogen) atoms. The summed E-state index contributed by atoms with van der Waals surface area (Å²) in [5, 5.41) is 0. The van der Waals surface area contributed by atoms with Crippen LogP contribution in [0.25, 0.3) is 0 Å². The summed E-state index contributed by atoms with van der Waals surface area (Å²) in [4.78, 5) is 11.2. The first-order valence-electron chi connectivity index (χ1n) is 17.0. The third kappa shape index (κ3) is 37.0. The summed E-state index contributed by atoms with van der Waals surface area (Å²) < 4.78 is 43.3. The van der Waals surface area contributed by atoms with E-state index in [4.69, 9.17) is 37.9 Å². The van der Waals surface area contributed by atoms with E-state index in [1.807, 2.05) is 0 Å². The molecule has 0 amide bonds. The Kier molecular flexibility index (Phi) is 36.2. The molecule has 0 saturated heterocycles. The molecule has 0 rings (SSSR count). The highest BCUT2D eigenvalue weighted by Gasteiger charge is 2.02. The molecule has 0 aromatic heterocycles. The van der Waals surface area contributed by atoms with Crippen LogP contribution in [0.2, 0.25) is 0 Å². The molecular formula is C34H66O9. The maximum Gasteiger partial charge on any atom is 0.333 e. The number of carbonyl (C=O) groups excluding carboxylic acids is 1. The van der Waals surface area contributed by atoms with Crippen molar-refractivity contribution in [2.24, 2.45) is 0 Å². The largest absolute Gasteiger partial charge is 0.460 e. The summed E-state index contributed by atoms with van der Waals surface area (Å²) in [6.07, 6.45) is 19.2. The van der Waals surface area contributed by atoms with Crippen LogP contribution in [0.3, 0.4) is 0 Å². The number of rotatable bonds is 37. The van der Waals surface area contributed by atoms with Gasteiger partial charge in [-0.05, 0) is 13.3 Å². The third-order valence-corrected chi connectivity index (χ3v) is 6.68. The fraction of sp³-hybridized carbons (Fsp3) is 0.912. The van der Waals surface area contributed by atoms with Gasteiger partial charge in [0.2, 0.25) is 0 Å². The minimum Gasteiger partial charge on any atom is -0.460 e. The molecule has 0 radical (unpaired) electrons. The molecule has 0 atom stereocenters. The van der Waals surface area contributed by atoms with Gasteiger partial charge in [-0.3, -0.25) is 0 Å². The molecule has 0 aromatic carbocycles. The van der Waals surface area contributed by atoms with Crippen molar-refractivity contribution in [3.63, 3.8) is 0 Å². The lowest BCUT2D eigenvalue weighted by atomic mass is 10.0. The number of unbranched alkanes of at least 4 members (excludes halogenated alkanes) is 13. The first-order valence-corrected chi connectivity index (χ1v) is 17.0. The Balaban J connectivity index is 3.06. The average Bonchev–Trinajstić information content (AvgIpc) is 3.00. The van der Waals surface area contributed by atoms with Crippen molar-refractivity contribution < 1.29 is 42.7 Å². The lowest BCUT2D eigenvalue weighted by Gasteiger charge is -2.09. The van der Waals surface area contributed by atoms with Gasteiger partial charge in [0, 0.05) is 12.2 Å². The van der Waals surface area contributed by atoms with E-state index < -0.39 is 5.97 Å². The average molecular weight is 619 g/mol. The zero-order chi connectivity index (χ0) is 31.3. The Hall–Kier alpha value is -1.07. The van der Waals surface area contributed by atoms with Crippen molar-refractivity contribution in [2.45, 2.75) is 104 Å². The number of hydrogen-bond acceptors (Lipinski definition) is 9. The van der Waals surface area contributed by atoms with Gasteiger partial charge in [-0.1, -0.05) is 97.0 Å². The molecule has 0 aliphatic carbocycles. The molecule has 0 aromatic rings. The van der Waals surface area contributed by atoms with Gasteiger partial charge in [0.05, 0.1) is 85.9 Å². The van der Waals surface area contributed by atoms with E-state index in [9.17, 15) is 4.79 Å². The van der Waals surface area contributed by atoms with E-state index in [-0.39, 0.29) is 6.61 Å². The molecule has 0 saturated carbocycles. The van der Waals surface area contributed by atoms with Crippen LogP contribution in [0.15, 0.2) is 12.2 Å². The molecular weight excluding hydrogens is 552 g/mol. The zero-order valence-corrected chi connectivity index (χ0v) is 27.9. The Bertz CT molecular complexity index is 574. The number of esters is 1. The van der Waals surface area contributed by atoms with Crippen LogP contribution in [0, 0.1) is 0 Å². The van der Waals surface area contributed by atoms with Gasteiger partial charge in [-0.15, -0.1) is 0 Å². The fourth-order valence-corrected chi connectivity index (χ4v) is 4.14. The quantitative estimate of drug-likeness (QED) is 0.0428. The van der Waals surface area contributed by atoms with Crippen LogP contribution in [0.1, 0.15) is 104 Å². The standard InChI is InChI=1S/C34H66O9/c1-4-5-6-7-8-9-10-11-12-13-14-15-16-17-18-36-19-20-37-21-22-38-23-24-39-25-26-40-27-28-41-29-30-42-31-32-43-34(35)33(2)3/h2,4-32H2,1,3H3. The molecule has 256 valence electrons. The predicted molar refractivity (Wildman–Crippen MR) is 172 cm³/mol. The lowest BCUT2D eigenvalue weighted by molar-refractivity contribution is -0.140. The Labute approximate surface area is 263 Å². The SMILES string of the molecule is C=C(C)C(=O)OCCOCCOCCOCCOCCOCCOCCOCCCCCCCCCCCCCCCC. The summed E-state index contributed by atoms with van der Waals surface area (Å²) >= 11 is 0. The fourth-order valence-electron chi connectivity index (χ4n) is 4.14. The van der Waals surface area contributed by atoms with Gasteiger partial charge in [0.1, 0.15) is 6.61 Å². The van der Waals surface area contributed by atoms with Crippen molar-refractivity contribution >= 4 is 5.97 Å². The number of carbonyl (C=O) groups is 1.